The number of benzene rings is 1. The predicted octanol–water partition coefficient (Wildman–Crippen LogP) is 2.59. The Bertz CT molecular complexity index is 812. The van der Waals surface area contributed by atoms with Crippen LogP contribution in [-0.4, -0.2) is 52.3 Å². The van der Waals surface area contributed by atoms with Gasteiger partial charge in [0.25, 0.3) is 0 Å². The number of aromatic nitrogens is 2. The number of amides is 1. The van der Waals surface area contributed by atoms with E-state index in [0.29, 0.717) is 30.5 Å². The highest BCUT2D eigenvalue weighted by Gasteiger charge is 2.29. The normalized spacial score (nSPS) is 23.2. The van der Waals surface area contributed by atoms with Crippen LogP contribution in [0, 0.1) is 5.92 Å². The summed E-state index contributed by atoms with van der Waals surface area (Å²) in [6.45, 7) is 7.75. The second-order valence-corrected chi connectivity index (χ2v) is 8.98. The number of likely N-dealkylation sites (tertiary alicyclic amines) is 1. The Morgan fingerprint density at radius 3 is 2.63 bits per heavy atom. The second-order valence-electron chi connectivity index (χ2n) is 8.98. The van der Waals surface area contributed by atoms with Gasteiger partial charge in [-0.05, 0) is 30.7 Å². The van der Waals surface area contributed by atoms with Gasteiger partial charge in [0, 0.05) is 37.8 Å². The van der Waals surface area contributed by atoms with Gasteiger partial charge < -0.3 is 10.2 Å². The largest absolute Gasteiger partial charge is 0.311 e. The maximum Gasteiger partial charge on any atom is 0.229 e. The molecule has 1 aromatic heterocycles. The molecule has 2 aliphatic heterocycles. The van der Waals surface area contributed by atoms with E-state index in [-0.39, 0.29) is 5.91 Å². The Hall–Kier alpha value is -2.22. The molecule has 30 heavy (non-hydrogen) atoms. The van der Waals surface area contributed by atoms with Crippen LogP contribution in [-0.2, 0) is 11.2 Å². The molecule has 1 aromatic carbocycles. The SMILES string of the molecule is CC(C)C1CC(CN2CCC(n3nccc3NC(=O)Cc3ccccc3)CC2)NN1. The molecule has 4 rings (SSSR count). The molecule has 162 valence electrons. The summed E-state index contributed by atoms with van der Waals surface area (Å²) >= 11 is 0. The lowest BCUT2D eigenvalue weighted by molar-refractivity contribution is -0.115. The summed E-state index contributed by atoms with van der Waals surface area (Å²) < 4.78 is 2.00. The van der Waals surface area contributed by atoms with Gasteiger partial charge in [0.05, 0.1) is 18.7 Å². The molecule has 0 aliphatic carbocycles. The lowest BCUT2D eigenvalue weighted by atomic mass is 9.98. The van der Waals surface area contributed by atoms with E-state index < -0.39 is 0 Å². The number of piperidine rings is 1. The lowest BCUT2D eigenvalue weighted by Crippen LogP contribution is -2.44. The van der Waals surface area contributed by atoms with Gasteiger partial charge in [0.15, 0.2) is 0 Å². The first-order valence-electron chi connectivity index (χ1n) is 11.2. The topological polar surface area (TPSA) is 74.2 Å². The molecule has 2 unspecified atom stereocenters. The quantitative estimate of drug-likeness (QED) is 0.654. The molecule has 0 saturated carbocycles. The van der Waals surface area contributed by atoms with Crippen LogP contribution in [0.5, 0.6) is 0 Å². The van der Waals surface area contributed by atoms with E-state index in [4.69, 9.17) is 0 Å². The summed E-state index contributed by atoms with van der Waals surface area (Å²) in [4.78, 5) is 15.0. The van der Waals surface area contributed by atoms with Crippen LogP contribution in [0.2, 0.25) is 0 Å². The summed E-state index contributed by atoms with van der Waals surface area (Å²) in [6.07, 6.45) is 5.46. The summed E-state index contributed by atoms with van der Waals surface area (Å²) in [5, 5.41) is 7.57. The molecule has 2 saturated heterocycles. The van der Waals surface area contributed by atoms with Crippen molar-refractivity contribution in [1.82, 2.24) is 25.5 Å². The molecule has 0 bridgehead atoms. The number of carbonyl (C=O) groups is 1. The van der Waals surface area contributed by atoms with Gasteiger partial charge in [0.1, 0.15) is 5.82 Å². The molecule has 0 spiro atoms. The smallest absolute Gasteiger partial charge is 0.229 e. The van der Waals surface area contributed by atoms with Gasteiger partial charge in [-0.25, -0.2) is 4.68 Å². The zero-order valence-corrected chi connectivity index (χ0v) is 18.1. The summed E-state index contributed by atoms with van der Waals surface area (Å²) in [5.41, 5.74) is 7.92. The van der Waals surface area contributed by atoms with Crippen molar-refractivity contribution >= 4 is 11.7 Å². The van der Waals surface area contributed by atoms with Crippen LogP contribution >= 0.6 is 0 Å². The maximum atomic E-state index is 12.5. The molecule has 7 nitrogen and oxygen atoms in total. The van der Waals surface area contributed by atoms with Gasteiger partial charge in [-0.15, -0.1) is 0 Å². The summed E-state index contributed by atoms with van der Waals surface area (Å²) in [7, 11) is 0. The van der Waals surface area contributed by atoms with Crippen molar-refractivity contribution in [3.63, 3.8) is 0 Å². The summed E-state index contributed by atoms with van der Waals surface area (Å²) in [6, 6.07) is 13.2. The van der Waals surface area contributed by atoms with E-state index in [1.165, 1.54) is 6.42 Å². The zero-order valence-electron chi connectivity index (χ0n) is 18.1. The maximum absolute atomic E-state index is 12.5. The number of nitrogens with zero attached hydrogens (tertiary/aromatic N) is 3. The number of rotatable bonds is 7. The first-order valence-corrected chi connectivity index (χ1v) is 11.2. The number of hydrogen-bond donors (Lipinski definition) is 3. The molecule has 2 fully saturated rings. The Balaban J connectivity index is 1.26. The lowest BCUT2D eigenvalue weighted by Gasteiger charge is -2.34. The molecule has 2 aliphatic rings. The molecule has 3 heterocycles. The molecule has 0 radical (unpaired) electrons. The minimum absolute atomic E-state index is 0.0000922. The Kier molecular flexibility index (Phi) is 6.82. The first kappa shape index (κ1) is 21.0. The second kappa shape index (κ2) is 9.73. The Labute approximate surface area is 179 Å². The van der Waals surface area contributed by atoms with Crippen LogP contribution in [0.25, 0.3) is 0 Å². The minimum atomic E-state index is -0.0000922. The third-order valence-corrected chi connectivity index (χ3v) is 6.34. The highest BCUT2D eigenvalue weighted by molar-refractivity contribution is 5.91. The highest BCUT2D eigenvalue weighted by Crippen LogP contribution is 2.26. The van der Waals surface area contributed by atoms with Crippen molar-refractivity contribution in [3.05, 3.63) is 48.2 Å². The fraction of sp³-hybridized carbons (Fsp3) is 0.565. The van der Waals surface area contributed by atoms with Gasteiger partial charge >= 0.3 is 0 Å². The third kappa shape index (κ3) is 5.28. The van der Waals surface area contributed by atoms with Crippen molar-refractivity contribution in [2.45, 2.75) is 57.7 Å². The van der Waals surface area contributed by atoms with Crippen LogP contribution in [0.1, 0.15) is 44.7 Å². The van der Waals surface area contributed by atoms with Gasteiger partial charge in [0.2, 0.25) is 5.91 Å². The number of nitrogens with one attached hydrogen (secondary N) is 3. The van der Waals surface area contributed by atoms with Crippen LogP contribution < -0.4 is 16.2 Å². The van der Waals surface area contributed by atoms with E-state index in [0.717, 1.165) is 43.9 Å². The number of carbonyl (C=O) groups excluding carboxylic acids is 1. The van der Waals surface area contributed by atoms with Crippen LogP contribution in [0.3, 0.4) is 0 Å². The average Bonchev–Trinajstić information content (AvgIpc) is 3.39. The van der Waals surface area contributed by atoms with E-state index >= 15 is 0 Å². The molecule has 2 aromatic rings. The molecule has 7 heteroatoms. The van der Waals surface area contributed by atoms with E-state index in [1.807, 2.05) is 41.1 Å². The standard InChI is InChI=1S/C23H34N6O/c1-17(2)21-15-19(26-27-21)16-28-12-9-20(10-13-28)29-22(8-11-24-29)25-23(30)14-18-6-4-3-5-7-18/h3-8,11,17,19-21,26-27H,9-10,12-16H2,1-2H3,(H,25,30). The predicted molar refractivity (Wildman–Crippen MR) is 119 cm³/mol. The molecular formula is C23H34N6O. The first-order chi connectivity index (χ1) is 14.6. The number of anilines is 1. The molecular weight excluding hydrogens is 376 g/mol. The van der Waals surface area contributed by atoms with Crippen molar-refractivity contribution in [1.29, 1.82) is 0 Å². The van der Waals surface area contributed by atoms with Crippen molar-refractivity contribution in [3.8, 4) is 0 Å². The Morgan fingerprint density at radius 2 is 1.93 bits per heavy atom. The summed E-state index contributed by atoms with van der Waals surface area (Å²) in [5.74, 6) is 1.46. The van der Waals surface area contributed by atoms with Crippen molar-refractivity contribution in [2.24, 2.45) is 5.92 Å². The molecule has 2 atom stereocenters. The van der Waals surface area contributed by atoms with E-state index in [2.05, 4.69) is 40.0 Å². The average molecular weight is 411 g/mol. The zero-order chi connectivity index (χ0) is 20.9. The molecule has 1 amide bonds. The third-order valence-electron chi connectivity index (χ3n) is 6.34. The van der Waals surface area contributed by atoms with Crippen molar-refractivity contribution < 1.29 is 4.79 Å². The van der Waals surface area contributed by atoms with Crippen LogP contribution in [0.4, 0.5) is 5.82 Å². The Morgan fingerprint density at radius 1 is 1.17 bits per heavy atom. The monoisotopic (exact) mass is 410 g/mol. The highest BCUT2D eigenvalue weighted by atomic mass is 16.1. The van der Waals surface area contributed by atoms with Gasteiger partial charge in [-0.1, -0.05) is 44.2 Å². The van der Waals surface area contributed by atoms with Gasteiger partial charge in [-0.3, -0.25) is 15.6 Å². The fourth-order valence-electron chi connectivity index (χ4n) is 4.54. The molecule has 3 N–H and O–H groups in total. The van der Waals surface area contributed by atoms with Crippen LogP contribution in [0.15, 0.2) is 42.6 Å². The van der Waals surface area contributed by atoms with Gasteiger partial charge in [-0.2, -0.15) is 5.10 Å². The number of hydrazine groups is 1. The fourth-order valence-corrected chi connectivity index (χ4v) is 4.54. The van der Waals surface area contributed by atoms with E-state index in [9.17, 15) is 4.79 Å². The number of hydrogen-bond acceptors (Lipinski definition) is 5. The van der Waals surface area contributed by atoms with E-state index in [1.54, 1.807) is 6.20 Å². The van der Waals surface area contributed by atoms with Crippen molar-refractivity contribution in [2.75, 3.05) is 25.0 Å². The minimum Gasteiger partial charge on any atom is -0.311 e.